The molecule has 0 spiro atoms. The summed E-state index contributed by atoms with van der Waals surface area (Å²) in [6.45, 7) is 3.04. The SMILES string of the molecule is COc1ccc2[nH]nc(C(=O)NCC3CCN(Cc4csc(C(=O)O)n4)CC3)c2c1. The molecule has 30 heavy (non-hydrogen) atoms. The highest BCUT2D eigenvalue weighted by molar-refractivity contribution is 7.11. The van der Waals surface area contributed by atoms with E-state index in [1.807, 2.05) is 12.1 Å². The summed E-state index contributed by atoms with van der Waals surface area (Å²) in [7, 11) is 1.59. The maximum absolute atomic E-state index is 12.6. The fourth-order valence-electron chi connectivity index (χ4n) is 3.67. The standard InChI is InChI=1S/C20H23N5O4S/c1-29-14-2-3-16-15(8-14)17(24-23-16)18(26)21-9-12-4-6-25(7-5-12)10-13-11-30-19(22-13)20(27)28/h2-3,8,11-12H,4-7,9-10H2,1H3,(H,21,26)(H,23,24)(H,27,28). The summed E-state index contributed by atoms with van der Waals surface area (Å²) in [4.78, 5) is 30.0. The molecule has 1 fully saturated rings. The van der Waals surface area contributed by atoms with Gasteiger partial charge in [-0.2, -0.15) is 5.10 Å². The van der Waals surface area contributed by atoms with Gasteiger partial charge < -0.3 is 15.2 Å². The third-order valence-electron chi connectivity index (χ3n) is 5.36. The topological polar surface area (TPSA) is 120 Å². The number of aromatic amines is 1. The maximum atomic E-state index is 12.6. The number of nitrogens with zero attached hydrogens (tertiary/aromatic N) is 3. The summed E-state index contributed by atoms with van der Waals surface area (Å²) >= 11 is 1.16. The lowest BCUT2D eigenvalue weighted by molar-refractivity contribution is 0.0695. The van der Waals surface area contributed by atoms with Gasteiger partial charge in [-0.1, -0.05) is 0 Å². The highest BCUT2D eigenvalue weighted by atomic mass is 32.1. The number of amides is 1. The molecule has 0 atom stereocenters. The highest BCUT2D eigenvalue weighted by Crippen LogP contribution is 2.23. The van der Waals surface area contributed by atoms with Crippen LogP contribution in [0.5, 0.6) is 5.75 Å². The number of fused-ring (bicyclic) bond motifs is 1. The van der Waals surface area contributed by atoms with Gasteiger partial charge in [-0.15, -0.1) is 11.3 Å². The van der Waals surface area contributed by atoms with Crippen LogP contribution in [0.25, 0.3) is 10.9 Å². The van der Waals surface area contributed by atoms with Gasteiger partial charge in [-0.25, -0.2) is 9.78 Å². The Bertz CT molecular complexity index is 1050. The number of aromatic carboxylic acids is 1. The van der Waals surface area contributed by atoms with Crippen LogP contribution in [0.4, 0.5) is 0 Å². The fraction of sp³-hybridized carbons (Fsp3) is 0.400. The zero-order valence-electron chi connectivity index (χ0n) is 16.6. The van der Waals surface area contributed by atoms with Crippen molar-refractivity contribution in [1.29, 1.82) is 0 Å². The number of carboxylic acid groups (broad SMARTS) is 1. The number of thiazole rings is 1. The molecular formula is C20H23N5O4S. The summed E-state index contributed by atoms with van der Waals surface area (Å²) < 4.78 is 5.24. The van der Waals surface area contributed by atoms with Gasteiger partial charge in [0.1, 0.15) is 5.75 Å². The first-order chi connectivity index (χ1) is 14.5. The van der Waals surface area contributed by atoms with Gasteiger partial charge in [-0.3, -0.25) is 14.8 Å². The number of carbonyl (C=O) groups is 2. The zero-order chi connectivity index (χ0) is 21.1. The maximum Gasteiger partial charge on any atom is 0.365 e. The Morgan fingerprint density at radius 2 is 2.17 bits per heavy atom. The predicted octanol–water partition coefficient (Wildman–Crippen LogP) is 2.37. The van der Waals surface area contributed by atoms with Crippen LogP contribution in [-0.4, -0.2) is 63.8 Å². The molecule has 1 aliphatic rings. The molecule has 0 aliphatic carbocycles. The van der Waals surface area contributed by atoms with Gasteiger partial charge in [0.2, 0.25) is 5.01 Å². The lowest BCUT2D eigenvalue weighted by Crippen LogP contribution is -2.38. The van der Waals surface area contributed by atoms with Crippen molar-refractivity contribution >= 4 is 34.1 Å². The van der Waals surface area contributed by atoms with E-state index in [-0.39, 0.29) is 10.9 Å². The Balaban J connectivity index is 1.27. The number of aromatic nitrogens is 3. The Hall–Kier alpha value is -2.98. The molecule has 158 valence electrons. The molecule has 2 aromatic heterocycles. The van der Waals surface area contributed by atoms with Crippen molar-refractivity contribution < 1.29 is 19.4 Å². The van der Waals surface area contributed by atoms with E-state index in [2.05, 4.69) is 25.4 Å². The van der Waals surface area contributed by atoms with Gasteiger partial charge in [0.15, 0.2) is 5.69 Å². The minimum atomic E-state index is -0.983. The second-order valence-electron chi connectivity index (χ2n) is 7.36. The van der Waals surface area contributed by atoms with Crippen LogP contribution >= 0.6 is 11.3 Å². The summed E-state index contributed by atoms with van der Waals surface area (Å²) in [5.41, 5.74) is 1.96. The molecule has 0 radical (unpaired) electrons. The molecule has 1 aromatic carbocycles. The van der Waals surface area contributed by atoms with Crippen molar-refractivity contribution in [3.05, 3.63) is 40.0 Å². The molecule has 4 rings (SSSR count). The minimum absolute atomic E-state index is 0.131. The molecule has 0 bridgehead atoms. The third-order valence-corrected chi connectivity index (χ3v) is 6.24. The van der Waals surface area contributed by atoms with Crippen molar-refractivity contribution in [3.63, 3.8) is 0 Å². The van der Waals surface area contributed by atoms with Crippen molar-refractivity contribution in [3.8, 4) is 5.75 Å². The number of carboxylic acids is 1. The quantitative estimate of drug-likeness (QED) is 0.527. The lowest BCUT2D eigenvalue weighted by Gasteiger charge is -2.31. The third kappa shape index (κ3) is 4.44. The van der Waals surface area contributed by atoms with E-state index in [9.17, 15) is 9.59 Å². The van der Waals surface area contributed by atoms with Crippen molar-refractivity contribution in [1.82, 2.24) is 25.4 Å². The average Bonchev–Trinajstić information content (AvgIpc) is 3.39. The van der Waals surface area contributed by atoms with Crippen molar-refractivity contribution in [2.45, 2.75) is 19.4 Å². The number of hydrogen-bond acceptors (Lipinski definition) is 7. The van der Waals surface area contributed by atoms with Crippen LogP contribution in [0.1, 0.15) is 38.8 Å². The van der Waals surface area contributed by atoms with Gasteiger partial charge in [0, 0.05) is 23.9 Å². The summed E-state index contributed by atoms with van der Waals surface area (Å²) in [6.07, 6.45) is 1.93. The fourth-order valence-corrected chi connectivity index (χ4v) is 4.32. The minimum Gasteiger partial charge on any atom is -0.497 e. The first-order valence-electron chi connectivity index (χ1n) is 9.74. The van der Waals surface area contributed by atoms with E-state index >= 15 is 0 Å². The molecule has 0 unspecified atom stereocenters. The van der Waals surface area contributed by atoms with E-state index < -0.39 is 5.97 Å². The number of piperidine rings is 1. The molecule has 1 saturated heterocycles. The molecule has 3 aromatic rings. The zero-order valence-corrected chi connectivity index (χ0v) is 17.4. The molecule has 3 N–H and O–H groups in total. The van der Waals surface area contributed by atoms with E-state index in [1.165, 1.54) is 0 Å². The molecule has 3 heterocycles. The molecule has 1 amide bonds. The molecule has 0 saturated carbocycles. The van der Waals surface area contributed by atoms with Crippen LogP contribution < -0.4 is 10.1 Å². The monoisotopic (exact) mass is 429 g/mol. The van der Waals surface area contributed by atoms with Crippen LogP contribution in [0.2, 0.25) is 0 Å². The van der Waals surface area contributed by atoms with Crippen molar-refractivity contribution in [2.24, 2.45) is 5.92 Å². The second kappa shape index (κ2) is 8.80. The predicted molar refractivity (Wildman–Crippen MR) is 112 cm³/mol. The van der Waals surface area contributed by atoms with Gasteiger partial charge >= 0.3 is 5.97 Å². The van der Waals surface area contributed by atoms with Crippen LogP contribution in [-0.2, 0) is 6.54 Å². The number of nitrogens with one attached hydrogen (secondary N) is 2. The number of carbonyl (C=O) groups excluding carboxylic acids is 1. The first-order valence-corrected chi connectivity index (χ1v) is 10.6. The Morgan fingerprint density at radius 3 is 2.87 bits per heavy atom. The van der Waals surface area contributed by atoms with Gasteiger partial charge in [0.05, 0.1) is 18.3 Å². The van der Waals surface area contributed by atoms with Crippen LogP contribution in [0, 0.1) is 5.92 Å². The summed E-state index contributed by atoms with van der Waals surface area (Å²) in [5.74, 6) is -0.0969. The Morgan fingerprint density at radius 1 is 1.37 bits per heavy atom. The lowest BCUT2D eigenvalue weighted by atomic mass is 9.96. The largest absolute Gasteiger partial charge is 0.497 e. The molecule has 9 nitrogen and oxygen atoms in total. The van der Waals surface area contributed by atoms with Crippen molar-refractivity contribution in [2.75, 3.05) is 26.7 Å². The second-order valence-corrected chi connectivity index (χ2v) is 8.22. The summed E-state index contributed by atoms with van der Waals surface area (Å²) in [5, 5.41) is 21.7. The Labute approximate surface area is 177 Å². The first kappa shape index (κ1) is 20.3. The number of rotatable bonds is 7. The number of likely N-dealkylation sites (tertiary alicyclic amines) is 1. The smallest absolute Gasteiger partial charge is 0.365 e. The van der Waals surface area contributed by atoms with E-state index in [4.69, 9.17) is 9.84 Å². The molecular weight excluding hydrogens is 406 g/mol. The molecule has 10 heteroatoms. The number of H-pyrrole nitrogens is 1. The number of ether oxygens (including phenoxy) is 1. The molecule has 1 aliphatic heterocycles. The van der Waals surface area contributed by atoms with E-state index in [0.717, 1.165) is 53.9 Å². The normalized spacial score (nSPS) is 15.4. The van der Waals surface area contributed by atoms with Gasteiger partial charge in [0.25, 0.3) is 5.91 Å². The van der Waals surface area contributed by atoms with Crippen LogP contribution in [0.15, 0.2) is 23.6 Å². The van der Waals surface area contributed by atoms with E-state index in [1.54, 1.807) is 18.6 Å². The number of methoxy groups -OCH3 is 1. The average molecular weight is 430 g/mol. The number of hydrogen-bond donors (Lipinski definition) is 3. The van der Waals surface area contributed by atoms with Crippen LogP contribution in [0.3, 0.4) is 0 Å². The van der Waals surface area contributed by atoms with E-state index in [0.29, 0.717) is 30.5 Å². The summed E-state index contributed by atoms with van der Waals surface area (Å²) in [6, 6.07) is 5.47. The van der Waals surface area contributed by atoms with Gasteiger partial charge in [-0.05, 0) is 50.0 Å². The number of benzene rings is 1. The Kier molecular flexibility index (Phi) is 5.96. The highest BCUT2D eigenvalue weighted by Gasteiger charge is 2.22.